The third-order valence-corrected chi connectivity index (χ3v) is 4.16. The SMILES string of the molecule is N#CC1CCCN(CCc2ccc3c(c2)CCO3)C1. The van der Waals surface area contributed by atoms with E-state index in [1.807, 2.05) is 0 Å². The summed E-state index contributed by atoms with van der Waals surface area (Å²) in [5, 5.41) is 9.01. The molecule has 1 fully saturated rings. The molecule has 2 heterocycles. The van der Waals surface area contributed by atoms with Gasteiger partial charge in [0.1, 0.15) is 5.75 Å². The number of nitriles is 1. The Labute approximate surface area is 114 Å². The Balaban J connectivity index is 1.56. The summed E-state index contributed by atoms with van der Waals surface area (Å²) in [6, 6.07) is 8.97. The highest BCUT2D eigenvalue weighted by Crippen LogP contribution is 2.26. The molecule has 1 aromatic rings. The molecule has 2 aliphatic heterocycles. The molecule has 1 unspecified atom stereocenters. The Hall–Kier alpha value is -1.53. The molecule has 2 aliphatic rings. The first kappa shape index (κ1) is 12.5. The molecule has 0 aliphatic carbocycles. The monoisotopic (exact) mass is 256 g/mol. The fraction of sp³-hybridized carbons (Fsp3) is 0.562. The molecule has 3 nitrogen and oxygen atoms in total. The molecule has 19 heavy (non-hydrogen) atoms. The van der Waals surface area contributed by atoms with Crippen molar-refractivity contribution >= 4 is 0 Å². The normalized spacial score (nSPS) is 22.6. The summed E-state index contributed by atoms with van der Waals surface area (Å²) >= 11 is 0. The summed E-state index contributed by atoms with van der Waals surface area (Å²) in [7, 11) is 0. The lowest BCUT2D eigenvalue weighted by Gasteiger charge is -2.29. The Kier molecular flexibility index (Phi) is 3.70. The standard InChI is InChI=1S/C16H20N2O/c17-11-14-2-1-7-18(12-14)8-5-13-3-4-16-15(10-13)6-9-19-16/h3-4,10,14H,1-2,5-9,12H2. The molecule has 0 amide bonds. The van der Waals surface area contributed by atoms with Crippen LogP contribution in [0.4, 0.5) is 0 Å². The maximum absolute atomic E-state index is 9.01. The number of nitrogens with zero attached hydrogens (tertiary/aromatic N) is 2. The van der Waals surface area contributed by atoms with Crippen LogP contribution < -0.4 is 4.74 Å². The van der Waals surface area contributed by atoms with E-state index in [-0.39, 0.29) is 5.92 Å². The summed E-state index contributed by atoms with van der Waals surface area (Å²) in [6.07, 6.45) is 4.36. The minimum Gasteiger partial charge on any atom is -0.493 e. The van der Waals surface area contributed by atoms with Gasteiger partial charge in [0.25, 0.3) is 0 Å². The van der Waals surface area contributed by atoms with Gasteiger partial charge in [-0.1, -0.05) is 12.1 Å². The molecule has 0 bridgehead atoms. The molecule has 1 saturated heterocycles. The van der Waals surface area contributed by atoms with E-state index < -0.39 is 0 Å². The zero-order valence-corrected chi connectivity index (χ0v) is 11.3. The molecule has 3 rings (SSSR count). The van der Waals surface area contributed by atoms with Crippen LogP contribution in [0.5, 0.6) is 5.75 Å². The number of hydrogen-bond acceptors (Lipinski definition) is 3. The van der Waals surface area contributed by atoms with Crippen molar-refractivity contribution < 1.29 is 4.74 Å². The molecule has 0 radical (unpaired) electrons. The van der Waals surface area contributed by atoms with Crippen LogP contribution >= 0.6 is 0 Å². The molecule has 0 spiro atoms. The topological polar surface area (TPSA) is 36.3 Å². The van der Waals surface area contributed by atoms with Gasteiger partial charge in [-0.3, -0.25) is 0 Å². The van der Waals surface area contributed by atoms with E-state index in [1.54, 1.807) is 0 Å². The quantitative estimate of drug-likeness (QED) is 0.833. The number of piperidine rings is 1. The van der Waals surface area contributed by atoms with Gasteiger partial charge >= 0.3 is 0 Å². The van der Waals surface area contributed by atoms with E-state index in [4.69, 9.17) is 10.00 Å². The minimum atomic E-state index is 0.238. The maximum atomic E-state index is 9.01. The fourth-order valence-corrected chi connectivity index (χ4v) is 3.05. The van der Waals surface area contributed by atoms with Crippen molar-refractivity contribution in [3.05, 3.63) is 29.3 Å². The predicted molar refractivity (Wildman–Crippen MR) is 74.1 cm³/mol. The number of benzene rings is 1. The summed E-state index contributed by atoms with van der Waals surface area (Å²) in [5.41, 5.74) is 2.74. The van der Waals surface area contributed by atoms with Gasteiger partial charge in [0, 0.05) is 19.5 Å². The highest BCUT2D eigenvalue weighted by molar-refractivity contribution is 5.39. The smallest absolute Gasteiger partial charge is 0.122 e. The van der Waals surface area contributed by atoms with Crippen LogP contribution in [0, 0.1) is 17.2 Å². The molecule has 0 N–H and O–H groups in total. The molecule has 0 saturated carbocycles. The minimum absolute atomic E-state index is 0.238. The van der Waals surface area contributed by atoms with E-state index in [9.17, 15) is 0 Å². The molecule has 1 aromatic carbocycles. The lowest BCUT2D eigenvalue weighted by molar-refractivity contribution is 0.202. The first-order chi connectivity index (χ1) is 9.35. The van der Waals surface area contributed by atoms with Crippen molar-refractivity contribution in [3.8, 4) is 11.8 Å². The Bertz CT molecular complexity index is 492. The van der Waals surface area contributed by atoms with E-state index in [0.29, 0.717) is 0 Å². The Morgan fingerprint density at radius 3 is 3.26 bits per heavy atom. The zero-order valence-electron chi connectivity index (χ0n) is 11.3. The Morgan fingerprint density at radius 2 is 2.37 bits per heavy atom. The number of likely N-dealkylation sites (tertiary alicyclic amines) is 1. The highest BCUT2D eigenvalue weighted by atomic mass is 16.5. The largest absolute Gasteiger partial charge is 0.493 e. The average Bonchev–Trinajstić information content (AvgIpc) is 2.93. The lowest BCUT2D eigenvalue weighted by Crippen LogP contribution is -2.36. The van der Waals surface area contributed by atoms with Gasteiger partial charge in [0.2, 0.25) is 0 Å². The number of hydrogen-bond donors (Lipinski definition) is 0. The van der Waals surface area contributed by atoms with Crippen molar-refractivity contribution in [2.45, 2.75) is 25.7 Å². The van der Waals surface area contributed by atoms with E-state index in [1.165, 1.54) is 11.1 Å². The molecule has 100 valence electrons. The number of ether oxygens (including phenoxy) is 1. The lowest BCUT2D eigenvalue weighted by atomic mass is 9.99. The predicted octanol–water partition coefficient (Wildman–Crippen LogP) is 2.40. The molecular formula is C16H20N2O. The van der Waals surface area contributed by atoms with E-state index in [0.717, 1.165) is 57.7 Å². The van der Waals surface area contributed by atoms with Crippen LogP contribution in [-0.4, -0.2) is 31.1 Å². The van der Waals surface area contributed by atoms with Gasteiger partial charge in [-0.2, -0.15) is 5.26 Å². The second-order valence-corrected chi connectivity index (χ2v) is 5.56. The third-order valence-electron chi connectivity index (χ3n) is 4.16. The average molecular weight is 256 g/mol. The van der Waals surface area contributed by atoms with Crippen LogP contribution in [0.15, 0.2) is 18.2 Å². The summed E-state index contributed by atoms with van der Waals surface area (Å²) in [6.45, 7) is 3.99. The van der Waals surface area contributed by atoms with Crippen molar-refractivity contribution in [2.24, 2.45) is 5.92 Å². The molecule has 1 atom stereocenters. The summed E-state index contributed by atoms with van der Waals surface area (Å²) in [4.78, 5) is 2.43. The summed E-state index contributed by atoms with van der Waals surface area (Å²) in [5.74, 6) is 1.30. The zero-order chi connectivity index (χ0) is 13.1. The van der Waals surface area contributed by atoms with Gasteiger partial charge in [-0.25, -0.2) is 0 Å². The molecule has 0 aromatic heterocycles. The van der Waals surface area contributed by atoms with Gasteiger partial charge in [-0.05, 0) is 43.0 Å². The van der Waals surface area contributed by atoms with E-state index >= 15 is 0 Å². The van der Waals surface area contributed by atoms with E-state index in [2.05, 4.69) is 29.2 Å². The fourth-order valence-electron chi connectivity index (χ4n) is 3.05. The van der Waals surface area contributed by atoms with Crippen LogP contribution in [0.2, 0.25) is 0 Å². The van der Waals surface area contributed by atoms with Crippen molar-refractivity contribution in [1.82, 2.24) is 4.90 Å². The van der Waals surface area contributed by atoms with Gasteiger partial charge in [-0.15, -0.1) is 0 Å². The highest BCUT2D eigenvalue weighted by Gasteiger charge is 2.19. The van der Waals surface area contributed by atoms with Crippen LogP contribution in [0.3, 0.4) is 0 Å². The van der Waals surface area contributed by atoms with Crippen LogP contribution in [-0.2, 0) is 12.8 Å². The van der Waals surface area contributed by atoms with Crippen molar-refractivity contribution in [3.63, 3.8) is 0 Å². The number of fused-ring (bicyclic) bond motifs is 1. The second kappa shape index (κ2) is 5.63. The van der Waals surface area contributed by atoms with Gasteiger partial charge in [0.05, 0.1) is 18.6 Å². The third kappa shape index (κ3) is 2.90. The van der Waals surface area contributed by atoms with Crippen LogP contribution in [0.1, 0.15) is 24.0 Å². The van der Waals surface area contributed by atoms with Crippen molar-refractivity contribution in [2.75, 3.05) is 26.2 Å². The van der Waals surface area contributed by atoms with Gasteiger partial charge < -0.3 is 9.64 Å². The molecular weight excluding hydrogens is 236 g/mol. The van der Waals surface area contributed by atoms with Crippen LogP contribution in [0.25, 0.3) is 0 Å². The first-order valence-electron chi connectivity index (χ1n) is 7.22. The maximum Gasteiger partial charge on any atom is 0.122 e. The summed E-state index contributed by atoms with van der Waals surface area (Å²) < 4.78 is 5.53. The first-order valence-corrected chi connectivity index (χ1v) is 7.22. The molecule has 3 heteroatoms. The van der Waals surface area contributed by atoms with Crippen molar-refractivity contribution in [1.29, 1.82) is 5.26 Å². The Morgan fingerprint density at radius 1 is 1.42 bits per heavy atom. The van der Waals surface area contributed by atoms with Gasteiger partial charge in [0.15, 0.2) is 0 Å². The number of rotatable bonds is 3. The second-order valence-electron chi connectivity index (χ2n) is 5.56.